The molecule has 0 aliphatic heterocycles. The van der Waals surface area contributed by atoms with Gasteiger partial charge in [-0.15, -0.1) is 11.8 Å². The second-order valence-electron chi connectivity index (χ2n) is 7.57. The molecule has 0 radical (unpaired) electrons. The molecule has 0 amide bonds. The van der Waals surface area contributed by atoms with Gasteiger partial charge >= 0.3 is 0 Å². The smallest absolute Gasteiger partial charge is 0.119 e. The minimum absolute atomic E-state index is 0.829. The summed E-state index contributed by atoms with van der Waals surface area (Å²) >= 11 is 1.97. The number of unbranched alkanes of at least 4 members (excludes halogenated alkanes) is 8. The van der Waals surface area contributed by atoms with Crippen molar-refractivity contribution in [2.24, 2.45) is 0 Å². The van der Waals surface area contributed by atoms with Crippen LogP contribution in [0, 0.1) is 0 Å². The Morgan fingerprint density at radius 3 is 1.79 bits per heavy atom. The van der Waals surface area contributed by atoms with Crippen molar-refractivity contribution in [3.05, 3.63) is 48.5 Å². The van der Waals surface area contributed by atoms with Gasteiger partial charge in [0.25, 0.3) is 0 Å². The minimum atomic E-state index is 0.829. The van der Waals surface area contributed by atoms with Crippen LogP contribution in [0.1, 0.15) is 78.1 Å². The normalized spacial score (nSPS) is 10.9. The van der Waals surface area contributed by atoms with Gasteiger partial charge in [0.2, 0.25) is 0 Å². The fourth-order valence-corrected chi connectivity index (χ4v) is 4.19. The summed E-state index contributed by atoms with van der Waals surface area (Å²) in [6, 6.07) is 17.5. The van der Waals surface area contributed by atoms with E-state index >= 15 is 0 Å². The third-order valence-corrected chi connectivity index (χ3v) is 6.17. The maximum Gasteiger partial charge on any atom is 0.119 e. The molecule has 0 aliphatic rings. The van der Waals surface area contributed by atoms with Gasteiger partial charge in [-0.25, -0.2) is 0 Å². The van der Waals surface area contributed by atoms with Gasteiger partial charge in [-0.2, -0.15) is 0 Å². The van der Waals surface area contributed by atoms with E-state index in [9.17, 15) is 0 Å². The highest BCUT2D eigenvalue weighted by Gasteiger charge is 2.01. The molecule has 0 saturated carbocycles. The molecule has 2 heteroatoms. The average Bonchev–Trinajstić information content (AvgIpc) is 2.74. The predicted molar refractivity (Wildman–Crippen MR) is 126 cm³/mol. The summed E-state index contributed by atoms with van der Waals surface area (Å²) in [4.78, 5) is 1.37. The first kappa shape index (κ1) is 22.9. The molecule has 0 atom stereocenters. The van der Waals surface area contributed by atoms with Gasteiger partial charge in [0.05, 0.1) is 6.61 Å². The molecule has 0 bridgehead atoms. The van der Waals surface area contributed by atoms with E-state index in [1.54, 1.807) is 0 Å². The van der Waals surface area contributed by atoms with Crippen molar-refractivity contribution in [1.82, 2.24) is 0 Å². The lowest BCUT2D eigenvalue weighted by molar-refractivity contribution is 0.304. The first-order valence-corrected chi connectivity index (χ1v) is 12.3. The van der Waals surface area contributed by atoms with E-state index in [1.807, 2.05) is 11.8 Å². The molecule has 28 heavy (non-hydrogen) atoms. The molecular weight excluding hydrogens is 360 g/mol. The fourth-order valence-electron chi connectivity index (χ4n) is 3.28. The zero-order valence-corrected chi connectivity index (χ0v) is 18.7. The van der Waals surface area contributed by atoms with Crippen molar-refractivity contribution in [2.75, 3.05) is 12.4 Å². The number of ether oxygens (including phenoxy) is 1. The van der Waals surface area contributed by atoms with Gasteiger partial charge in [0.15, 0.2) is 0 Å². The van der Waals surface area contributed by atoms with E-state index < -0.39 is 0 Å². The van der Waals surface area contributed by atoms with Gasteiger partial charge in [0, 0.05) is 4.90 Å². The molecule has 0 N–H and O–H groups in total. The van der Waals surface area contributed by atoms with Crippen LogP contribution in [0.4, 0.5) is 0 Å². The summed E-state index contributed by atoms with van der Waals surface area (Å²) in [6.45, 7) is 5.35. The molecule has 0 saturated heterocycles. The first-order chi connectivity index (χ1) is 13.8. The number of hydrogen-bond donors (Lipinski definition) is 0. The van der Waals surface area contributed by atoms with Crippen LogP contribution in [0.5, 0.6) is 5.75 Å². The summed E-state index contributed by atoms with van der Waals surface area (Å²) in [6.07, 6.45) is 13.1. The minimum Gasteiger partial charge on any atom is -0.494 e. The zero-order valence-electron chi connectivity index (χ0n) is 17.9. The van der Waals surface area contributed by atoms with Crippen LogP contribution >= 0.6 is 11.8 Å². The number of benzene rings is 2. The van der Waals surface area contributed by atoms with Gasteiger partial charge in [0.1, 0.15) is 5.75 Å². The topological polar surface area (TPSA) is 9.23 Å². The van der Waals surface area contributed by atoms with Crippen LogP contribution in [0.15, 0.2) is 53.4 Å². The third kappa shape index (κ3) is 9.19. The Morgan fingerprint density at radius 1 is 0.607 bits per heavy atom. The maximum atomic E-state index is 5.89. The van der Waals surface area contributed by atoms with Crippen LogP contribution in [-0.4, -0.2) is 12.4 Å². The molecule has 0 aliphatic carbocycles. The first-order valence-electron chi connectivity index (χ1n) is 11.3. The standard InChI is InChI=1S/C26H38OS/c1-3-5-7-9-10-11-21-27-25-17-13-23(14-18-25)24-15-19-26(20-16-24)28-22-12-8-6-4-2/h13-20H,3-12,21-22H2,1-2H3. The maximum absolute atomic E-state index is 5.89. The largest absolute Gasteiger partial charge is 0.494 e. The zero-order chi connectivity index (χ0) is 19.9. The second-order valence-corrected chi connectivity index (χ2v) is 8.74. The van der Waals surface area contributed by atoms with Crippen molar-refractivity contribution in [3.63, 3.8) is 0 Å². The highest BCUT2D eigenvalue weighted by Crippen LogP contribution is 2.26. The lowest BCUT2D eigenvalue weighted by Gasteiger charge is -2.08. The molecule has 0 unspecified atom stereocenters. The number of thioether (sulfide) groups is 1. The molecule has 0 aromatic heterocycles. The van der Waals surface area contributed by atoms with E-state index in [0.29, 0.717) is 0 Å². The molecule has 2 aromatic carbocycles. The molecule has 1 nitrogen and oxygen atoms in total. The van der Waals surface area contributed by atoms with E-state index in [-0.39, 0.29) is 0 Å². The SMILES string of the molecule is CCCCCCCCOc1ccc(-c2ccc(SCCCCCC)cc2)cc1. The Hall–Kier alpha value is -1.41. The number of rotatable bonds is 15. The van der Waals surface area contributed by atoms with Crippen LogP contribution < -0.4 is 4.74 Å². The Bertz CT molecular complexity index is 618. The van der Waals surface area contributed by atoms with Crippen molar-refractivity contribution < 1.29 is 4.74 Å². The highest BCUT2D eigenvalue weighted by molar-refractivity contribution is 7.99. The Morgan fingerprint density at radius 2 is 1.14 bits per heavy atom. The van der Waals surface area contributed by atoms with Gasteiger partial charge in [-0.1, -0.05) is 89.5 Å². The van der Waals surface area contributed by atoms with Crippen molar-refractivity contribution in [2.45, 2.75) is 83.0 Å². The second kappa shape index (κ2) is 14.6. The summed E-state index contributed by atoms with van der Waals surface area (Å²) in [7, 11) is 0. The van der Waals surface area contributed by atoms with Crippen molar-refractivity contribution >= 4 is 11.8 Å². The summed E-state index contributed by atoms with van der Waals surface area (Å²) < 4.78 is 5.89. The lowest BCUT2D eigenvalue weighted by Crippen LogP contribution is -1.97. The summed E-state index contributed by atoms with van der Waals surface area (Å²) in [5.41, 5.74) is 2.53. The quantitative estimate of drug-likeness (QED) is 0.219. The van der Waals surface area contributed by atoms with Gasteiger partial charge < -0.3 is 4.74 Å². The van der Waals surface area contributed by atoms with Gasteiger partial charge in [-0.3, -0.25) is 0 Å². The monoisotopic (exact) mass is 398 g/mol. The Kier molecular flexibility index (Phi) is 11.9. The number of hydrogen-bond acceptors (Lipinski definition) is 2. The van der Waals surface area contributed by atoms with E-state index in [1.165, 1.54) is 79.6 Å². The third-order valence-electron chi connectivity index (χ3n) is 5.08. The fraction of sp³-hybridized carbons (Fsp3) is 0.538. The Balaban J connectivity index is 1.70. The molecule has 0 spiro atoms. The predicted octanol–water partition coefficient (Wildman–Crippen LogP) is 8.77. The van der Waals surface area contributed by atoms with Crippen molar-refractivity contribution in [1.29, 1.82) is 0 Å². The lowest BCUT2D eigenvalue weighted by atomic mass is 10.1. The molecule has 0 heterocycles. The van der Waals surface area contributed by atoms with E-state index in [0.717, 1.165) is 18.8 Å². The van der Waals surface area contributed by atoms with Crippen molar-refractivity contribution in [3.8, 4) is 16.9 Å². The molecule has 154 valence electrons. The van der Waals surface area contributed by atoms with Crippen LogP contribution in [-0.2, 0) is 0 Å². The summed E-state index contributed by atoms with van der Waals surface area (Å²) in [5.74, 6) is 2.21. The van der Waals surface area contributed by atoms with E-state index in [2.05, 4.69) is 62.4 Å². The van der Waals surface area contributed by atoms with E-state index in [4.69, 9.17) is 4.74 Å². The van der Waals surface area contributed by atoms with Crippen LogP contribution in [0.3, 0.4) is 0 Å². The average molecular weight is 399 g/mol. The molecule has 2 rings (SSSR count). The van der Waals surface area contributed by atoms with Crippen LogP contribution in [0.2, 0.25) is 0 Å². The Labute approximate surface area is 177 Å². The molecule has 0 fully saturated rings. The summed E-state index contributed by atoms with van der Waals surface area (Å²) in [5, 5.41) is 0. The van der Waals surface area contributed by atoms with Gasteiger partial charge in [-0.05, 0) is 54.0 Å². The molecular formula is C26H38OS. The van der Waals surface area contributed by atoms with Crippen LogP contribution in [0.25, 0.3) is 11.1 Å². The highest BCUT2D eigenvalue weighted by atomic mass is 32.2. The molecule has 2 aromatic rings.